The zero-order chi connectivity index (χ0) is 9.61. The third-order valence-electron chi connectivity index (χ3n) is 1.00. The number of nitrogens with one attached hydrogen (secondary N) is 2. The molecule has 0 atom stereocenters. The highest BCUT2D eigenvalue weighted by Gasteiger charge is 2.12. The van der Waals surface area contributed by atoms with Crippen LogP contribution in [0.15, 0.2) is 12.4 Å². The van der Waals surface area contributed by atoms with Crippen LogP contribution in [0.3, 0.4) is 0 Å². The normalized spacial score (nSPS) is 10.9. The van der Waals surface area contributed by atoms with Gasteiger partial charge in [0, 0.05) is 13.6 Å². The van der Waals surface area contributed by atoms with E-state index < -0.39 is 7.82 Å². The maximum Gasteiger partial charge on any atom is 0.469 e. The van der Waals surface area contributed by atoms with Gasteiger partial charge < -0.3 is 20.4 Å². The van der Waals surface area contributed by atoms with Crippen LogP contribution in [0.4, 0.5) is 0 Å². The highest BCUT2D eigenvalue weighted by atomic mass is 31.2. The fourth-order valence-electron chi connectivity index (χ4n) is 0.455. The Morgan fingerprint density at radius 1 is 1.67 bits per heavy atom. The molecule has 0 bridgehead atoms. The minimum absolute atomic E-state index is 0.0645. The van der Waals surface area contributed by atoms with E-state index in [1.54, 1.807) is 7.05 Å². The second kappa shape index (κ2) is 5.16. The monoisotopic (exact) mass is 196 g/mol. The third kappa shape index (κ3) is 7.56. The Morgan fingerprint density at radius 2 is 2.25 bits per heavy atom. The molecular weight excluding hydrogens is 183 g/mol. The van der Waals surface area contributed by atoms with Gasteiger partial charge in [-0.25, -0.2) is 4.57 Å². The lowest BCUT2D eigenvalue weighted by atomic mass is 10.6. The fourth-order valence-corrected chi connectivity index (χ4v) is 0.784. The summed E-state index contributed by atoms with van der Waals surface area (Å²) >= 11 is 0. The molecule has 0 aromatic rings. The molecule has 4 N–H and O–H groups in total. The molecular formula is C5H13N2O4P. The second-order valence-corrected chi connectivity index (χ2v) is 3.22. The van der Waals surface area contributed by atoms with E-state index in [1.165, 1.54) is 0 Å². The van der Waals surface area contributed by atoms with Gasteiger partial charge in [0.15, 0.2) is 0 Å². The average Bonchev–Trinajstić information content (AvgIpc) is 1.96. The number of hydrogen-bond acceptors (Lipinski definition) is 4. The summed E-state index contributed by atoms with van der Waals surface area (Å²) in [5.74, 6) is 0.573. The maximum absolute atomic E-state index is 10.2. The molecule has 0 fully saturated rings. The van der Waals surface area contributed by atoms with E-state index in [2.05, 4.69) is 21.7 Å². The first-order valence-corrected chi connectivity index (χ1v) is 4.79. The Hall–Kier alpha value is -0.550. The van der Waals surface area contributed by atoms with E-state index in [0.717, 1.165) is 0 Å². The summed E-state index contributed by atoms with van der Waals surface area (Å²) < 4.78 is 14.3. The molecule has 6 nitrogen and oxygen atoms in total. The molecule has 0 saturated carbocycles. The lowest BCUT2D eigenvalue weighted by molar-refractivity contribution is 0.198. The topological polar surface area (TPSA) is 90.8 Å². The zero-order valence-electron chi connectivity index (χ0n) is 6.78. The van der Waals surface area contributed by atoms with Crippen LogP contribution in [0.1, 0.15) is 0 Å². The minimum atomic E-state index is -4.32. The van der Waals surface area contributed by atoms with Gasteiger partial charge in [-0.3, -0.25) is 4.52 Å². The van der Waals surface area contributed by atoms with Crippen LogP contribution in [0, 0.1) is 0 Å². The Kier molecular flexibility index (Phi) is 4.92. The Morgan fingerprint density at radius 3 is 2.67 bits per heavy atom. The summed E-state index contributed by atoms with van der Waals surface area (Å²) in [4.78, 5) is 16.5. The van der Waals surface area contributed by atoms with Crippen LogP contribution in [-0.4, -0.2) is 30.0 Å². The summed E-state index contributed by atoms with van der Waals surface area (Å²) in [5, 5.41) is 5.44. The zero-order valence-corrected chi connectivity index (χ0v) is 7.67. The van der Waals surface area contributed by atoms with Crippen molar-refractivity contribution in [1.82, 2.24) is 10.6 Å². The predicted molar refractivity (Wildman–Crippen MR) is 44.2 cm³/mol. The first kappa shape index (κ1) is 11.4. The van der Waals surface area contributed by atoms with Crippen molar-refractivity contribution in [2.45, 2.75) is 0 Å². The molecule has 0 radical (unpaired) electrons. The van der Waals surface area contributed by atoms with Crippen molar-refractivity contribution in [1.29, 1.82) is 0 Å². The van der Waals surface area contributed by atoms with Crippen molar-refractivity contribution in [3.63, 3.8) is 0 Å². The van der Waals surface area contributed by atoms with E-state index in [1.807, 2.05) is 0 Å². The van der Waals surface area contributed by atoms with Gasteiger partial charge in [-0.1, -0.05) is 6.58 Å². The minimum Gasteiger partial charge on any atom is -0.375 e. The molecule has 0 saturated heterocycles. The van der Waals surface area contributed by atoms with E-state index in [0.29, 0.717) is 12.4 Å². The summed E-state index contributed by atoms with van der Waals surface area (Å²) in [6.45, 7) is 3.77. The van der Waals surface area contributed by atoms with Gasteiger partial charge in [-0.05, 0) is 0 Å². The van der Waals surface area contributed by atoms with Crippen LogP contribution >= 0.6 is 7.82 Å². The van der Waals surface area contributed by atoms with E-state index in [4.69, 9.17) is 9.79 Å². The molecule has 0 aliphatic heterocycles. The summed E-state index contributed by atoms with van der Waals surface area (Å²) in [7, 11) is -2.64. The molecule has 0 unspecified atom stereocenters. The predicted octanol–water partition coefficient (Wildman–Crippen LogP) is -0.624. The van der Waals surface area contributed by atoms with E-state index in [9.17, 15) is 4.57 Å². The largest absolute Gasteiger partial charge is 0.469 e. The molecule has 12 heavy (non-hydrogen) atoms. The van der Waals surface area contributed by atoms with Crippen molar-refractivity contribution in [3.05, 3.63) is 12.4 Å². The van der Waals surface area contributed by atoms with Gasteiger partial charge >= 0.3 is 7.82 Å². The molecule has 0 heterocycles. The molecule has 0 aliphatic rings. The second-order valence-electron chi connectivity index (χ2n) is 1.98. The van der Waals surface area contributed by atoms with Crippen LogP contribution < -0.4 is 10.6 Å². The van der Waals surface area contributed by atoms with Crippen molar-refractivity contribution < 1.29 is 18.9 Å². The average molecular weight is 196 g/mol. The van der Waals surface area contributed by atoms with Crippen LogP contribution in [0.2, 0.25) is 0 Å². The van der Waals surface area contributed by atoms with Crippen molar-refractivity contribution in [3.8, 4) is 0 Å². The molecule has 0 aromatic heterocycles. The SMILES string of the molecule is C=C(NC)NCCOP(=O)(O)O. The van der Waals surface area contributed by atoms with Gasteiger partial charge in [-0.15, -0.1) is 0 Å². The molecule has 0 spiro atoms. The Labute approximate surface area is 70.9 Å². The Balaban J connectivity index is 3.34. The quantitative estimate of drug-likeness (QED) is 0.334. The highest BCUT2D eigenvalue weighted by Crippen LogP contribution is 2.34. The lowest BCUT2D eigenvalue weighted by Gasteiger charge is -2.08. The summed E-state index contributed by atoms with van der Waals surface area (Å²) in [6.07, 6.45) is 0. The van der Waals surface area contributed by atoms with Gasteiger partial charge in [0.2, 0.25) is 0 Å². The number of phosphoric ester groups is 1. The maximum atomic E-state index is 10.2. The lowest BCUT2D eigenvalue weighted by Crippen LogP contribution is -2.25. The molecule has 7 heteroatoms. The van der Waals surface area contributed by atoms with Gasteiger partial charge in [0.25, 0.3) is 0 Å². The first-order chi connectivity index (χ1) is 5.45. The highest BCUT2D eigenvalue weighted by molar-refractivity contribution is 7.46. The van der Waals surface area contributed by atoms with Crippen LogP contribution in [0.5, 0.6) is 0 Å². The molecule has 0 rings (SSSR count). The third-order valence-corrected chi connectivity index (χ3v) is 1.52. The van der Waals surface area contributed by atoms with Crippen LogP contribution in [-0.2, 0) is 9.09 Å². The summed E-state index contributed by atoms with van der Waals surface area (Å²) in [6, 6.07) is 0. The summed E-state index contributed by atoms with van der Waals surface area (Å²) in [5.41, 5.74) is 0. The van der Waals surface area contributed by atoms with E-state index in [-0.39, 0.29) is 6.61 Å². The van der Waals surface area contributed by atoms with Crippen LogP contribution in [0.25, 0.3) is 0 Å². The smallest absolute Gasteiger partial charge is 0.375 e. The molecule has 0 aliphatic carbocycles. The van der Waals surface area contributed by atoms with Crippen molar-refractivity contribution >= 4 is 7.82 Å². The molecule has 72 valence electrons. The van der Waals surface area contributed by atoms with E-state index >= 15 is 0 Å². The number of phosphoric acid groups is 1. The molecule has 0 aromatic carbocycles. The van der Waals surface area contributed by atoms with Crippen molar-refractivity contribution in [2.75, 3.05) is 20.2 Å². The number of rotatable bonds is 6. The Bertz CT molecular complexity index is 190. The first-order valence-electron chi connectivity index (χ1n) is 3.26. The number of hydrogen-bond donors (Lipinski definition) is 4. The van der Waals surface area contributed by atoms with Crippen molar-refractivity contribution in [2.24, 2.45) is 0 Å². The van der Waals surface area contributed by atoms with Gasteiger partial charge in [-0.2, -0.15) is 0 Å². The fraction of sp³-hybridized carbons (Fsp3) is 0.600. The van der Waals surface area contributed by atoms with Gasteiger partial charge in [0.1, 0.15) is 0 Å². The van der Waals surface area contributed by atoms with Gasteiger partial charge in [0.05, 0.1) is 12.4 Å². The standard InChI is InChI=1S/C5H13N2O4P/c1-5(6-2)7-3-4-11-12(8,9)10/h6-7H,1,3-4H2,2H3,(H2,8,9,10). The molecule has 0 amide bonds.